The van der Waals surface area contributed by atoms with Crippen molar-refractivity contribution in [2.24, 2.45) is 0 Å². The van der Waals surface area contributed by atoms with Gasteiger partial charge in [-0.25, -0.2) is 0 Å². The van der Waals surface area contributed by atoms with E-state index >= 15 is 0 Å². The van der Waals surface area contributed by atoms with Crippen LogP contribution in [0.2, 0.25) is 5.02 Å². The van der Waals surface area contributed by atoms with E-state index in [1.165, 1.54) is 0 Å². The van der Waals surface area contributed by atoms with Crippen molar-refractivity contribution in [3.63, 3.8) is 0 Å². The maximum absolute atomic E-state index is 9.19. The summed E-state index contributed by atoms with van der Waals surface area (Å²) in [6.07, 6.45) is 0. The van der Waals surface area contributed by atoms with Crippen molar-refractivity contribution < 1.29 is 5.11 Å². The lowest BCUT2D eigenvalue weighted by molar-refractivity contribution is 0.475. The van der Waals surface area contributed by atoms with Gasteiger partial charge in [-0.2, -0.15) is 0 Å². The van der Waals surface area contributed by atoms with Crippen LogP contribution in [-0.4, -0.2) is 5.11 Å². The van der Waals surface area contributed by atoms with Gasteiger partial charge in [0.05, 0.1) is 10.7 Å². The number of benzene rings is 2. The van der Waals surface area contributed by atoms with Crippen LogP contribution in [0.15, 0.2) is 42.5 Å². The topological polar surface area (TPSA) is 32.3 Å². The molecule has 0 aromatic heterocycles. The molecule has 0 fully saturated rings. The Morgan fingerprint density at radius 2 is 1.82 bits per heavy atom. The van der Waals surface area contributed by atoms with E-state index < -0.39 is 0 Å². The summed E-state index contributed by atoms with van der Waals surface area (Å²) in [6.45, 7) is 2.70. The summed E-state index contributed by atoms with van der Waals surface area (Å²) in [7, 11) is 0. The maximum Gasteiger partial charge on any atom is 0.115 e. The van der Waals surface area contributed by atoms with Crippen LogP contribution < -0.4 is 5.32 Å². The lowest BCUT2D eigenvalue weighted by Gasteiger charge is -2.11. The molecule has 2 rings (SSSR count). The lowest BCUT2D eigenvalue weighted by atomic mass is 10.1. The molecule has 88 valence electrons. The molecule has 2 N–H and O–H groups in total. The molecule has 0 amide bonds. The van der Waals surface area contributed by atoms with Gasteiger partial charge in [-0.1, -0.05) is 35.9 Å². The second-order valence-corrected chi connectivity index (χ2v) is 4.36. The summed E-state index contributed by atoms with van der Waals surface area (Å²) < 4.78 is 0. The highest BCUT2D eigenvalue weighted by Gasteiger charge is 2.02. The minimum atomic E-state index is 0.280. The largest absolute Gasteiger partial charge is 0.508 e. The Balaban J connectivity index is 2.10. The number of rotatable bonds is 3. The van der Waals surface area contributed by atoms with E-state index in [-0.39, 0.29) is 5.75 Å². The molecular weight excluding hydrogens is 234 g/mol. The molecule has 17 heavy (non-hydrogen) atoms. The van der Waals surface area contributed by atoms with E-state index in [1.54, 1.807) is 12.1 Å². The highest BCUT2D eigenvalue weighted by Crippen LogP contribution is 2.25. The Morgan fingerprint density at radius 3 is 2.47 bits per heavy atom. The van der Waals surface area contributed by atoms with Crippen molar-refractivity contribution in [1.82, 2.24) is 0 Å². The first-order valence-electron chi connectivity index (χ1n) is 5.44. The number of nitrogens with one attached hydrogen (secondary N) is 1. The zero-order valence-corrected chi connectivity index (χ0v) is 10.3. The fourth-order valence-electron chi connectivity index (χ4n) is 1.66. The molecule has 0 aliphatic heterocycles. The molecule has 2 aromatic carbocycles. The Labute approximate surface area is 106 Å². The van der Waals surface area contributed by atoms with Crippen LogP contribution in [0.4, 0.5) is 5.69 Å². The lowest BCUT2D eigenvalue weighted by Crippen LogP contribution is -2.01. The van der Waals surface area contributed by atoms with Gasteiger partial charge in [0.25, 0.3) is 0 Å². The third-order valence-corrected chi connectivity index (χ3v) is 2.94. The van der Waals surface area contributed by atoms with Crippen LogP contribution in [0.25, 0.3) is 0 Å². The fourth-order valence-corrected chi connectivity index (χ4v) is 1.95. The second kappa shape index (κ2) is 5.11. The number of phenols is 1. The maximum atomic E-state index is 9.19. The van der Waals surface area contributed by atoms with Crippen LogP contribution in [-0.2, 0) is 6.54 Å². The Bertz CT molecular complexity index is 488. The van der Waals surface area contributed by atoms with E-state index in [1.807, 2.05) is 37.3 Å². The van der Waals surface area contributed by atoms with Crippen molar-refractivity contribution in [3.05, 3.63) is 58.6 Å². The van der Waals surface area contributed by atoms with Crippen LogP contribution in [0.1, 0.15) is 11.1 Å². The van der Waals surface area contributed by atoms with E-state index in [9.17, 15) is 5.11 Å². The molecule has 0 heterocycles. The summed E-state index contributed by atoms with van der Waals surface area (Å²) in [6, 6.07) is 12.9. The third-order valence-electron chi connectivity index (χ3n) is 2.63. The number of halogens is 1. The molecule has 0 spiro atoms. The van der Waals surface area contributed by atoms with E-state index in [0.717, 1.165) is 21.8 Å². The molecule has 2 aromatic rings. The molecule has 3 heteroatoms. The van der Waals surface area contributed by atoms with Crippen molar-refractivity contribution in [2.75, 3.05) is 5.32 Å². The average molecular weight is 248 g/mol. The SMILES string of the molecule is Cc1cccc(Cl)c1NCc1ccc(O)cc1. The van der Waals surface area contributed by atoms with Crippen molar-refractivity contribution >= 4 is 17.3 Å². The minimum Gasteiger partial charge on any atom is -0.508 e. The molecule has 0 unspecified atom stereocenters. The highest BCUT2D eigenvalue weighted by molar-refractivity contribution is 6.33. The van der Waals surface area contributed by atoms with Crippen LogP contribution in [0, 0.1) is 6.92 Å². The first-order valence-corrected chi connectivity index (χ1v) is 5.81. The van der Waals surface area contributed by atoms with E-state index in [0.29, 0.717) is 6.54 Å². The Kier molecular flexibility index (Phi) is 3.55. The summed E-state index contributed by atoms with van der Waals surface area (Å²) in [5.41, 5.74) is 3.18. The fraction of sp³-hybridized carbons (Fsp3) is 0.143. The first kappa shape index (κ1) is 11.8. The molecule has 0 aliphatic rings. The number of phenolic OH excluding ortho intramolecular Hbond substituents is 1. The van der Waals surface area contributed by atoms with E-state index in [2.05, 4.69) is 5.32 Å². The van der Waals surface area contributed by atoms with Gasteiger partial charge >= 0.3 is 0 Å². The Morgan fingerprint density at radius 1 is 1.12 bits per heavy atom. The van der Waals surface area contributed by atoms with Gasteiger partial charge < -0.3 is 10.4 Å². The average Bonchev–Trinajstić information content (AvgIpc) is 2.31. The van der Waals surface area contributed by atoms with Crippen molar-refractivity contribution in [1.29, 1.82) is 0 Å². The van der Waals surface area contributed by atoms with Gasteiger partial charge in [0.15, 0.2) is 0 Å². The van der Waals surface area contributed by atoms with Gasteiger partial charge in [0, 0.05) is 6.54 Å². The number of aromatic hydroxyl groups is 1. The third kappa shape index (κ3) is 2.92. The smallest absolute Gasteiger partial charge is 0.115 e. The molecular formula is C14H14ClNO. The normalized spacial score (nSPS) is 10.2. The number of hydrogen-bond donors (Lipinski definition) is 2. The van der Waals surface area contributed by atoms with E-state index in [4.69, 9.17) is 11.6 Å². The second-order valence-electron chi connectivity index (χ2n) is 3.95. The molecule has 0 atom stereocenters. The first-order chi connectivity index (χ1) is 8.16. The number of para-hydroxylation sites is 1. The Hall–Kier alpha value is -1.67. The van der Waals surface area contributed by atoms with Crippen molar-refractivity contribution in [3.8, 4) is 5.75 Å². The van der Waals surface area contributed by atoms with Gasteiger partial charge in [-0.15, -0.1) is 0 Å². The molecule has 0 bridgehead atoms. The number of anilines is 1. The molecule has 0 saturated heterocycles. The van der Waals surface area contributed by atoms with Gasteiger partial charge in [-0.3, -0.25) is 0 Å². The number of aryl methyl sites for hydroxylation is 1. The summed E-state index contributed by atoms with van der Waals surface area (Å²) >= 11 is 6.12. The molecule has 0 saturated carbocycles. The standard InChI is InChI=1S/C14H14ClNO/c1-10-3-2-4-13(15)14(10)16-9-11-5-7-12(17)8-6-11/h2-8,16-17H,9H2,1H3. The quantitative estimate of drug-likeness (QED) is 0.860. The summed E-state index contributed by atoms with van der Waals surface area (Å²) in [4.78, 5) is 0. The molecule has 2 nitrogen and oxygen atoms in total. The monoisotopic (exact) mass is 247 g/mol. The molecule has 0 radical (unpaired) electrons. The summed E-state index contributed by atoms with van der Waals surface area (Å²) in [5, 5.41) is 13.2. The highest BCUT2D eigenvalue weighted by atomic mass is 35.5. The zero-order valence-electron chi connectivity index (χ0n) is 9.57. The predicted octanol–water partition coefficient (Wildman–Crippen LogP) is 3.97. The van der Waals surface area contributed by atoms with Gasteiger partial charge in [-0.05, 0) is 36.2 Å². The van der Waals surface area contributed by atoms with Crippen LogP contribution in [0.3, 0.4) is 0 Å². The van der Waals surface area contributed by atoms with Gasteiger partial charge in [0.1, 0.15) is 5.75 Å². The summed E-state index contributed by atoms with van der Waals surface area (Å²) in [5.74, 6) is 0.280. The van der Waals surface area contributed by atoms with Crippen molar-refractivity contribution in [2.45, 2.75) is 13.5 Å². The van der Waals surface area contributed by atoms with Crippen LogP contribution >= 0.6 is 11.6 Å². The van der Waals surface area contributed by atoms with Crippen LogP contribution in [0.5, 0.6) is 5.75 Å². The molecule has 0 aliphatic carbocycles. The number of hydrogen-bond acceptors (Lipinski definition) is 2. The minimum absolute atomic E-state index is 0.280. The van der Waals surface area contributed by atoms with Gasteiger partial charge in [0.2, 0.25) is 0 Å². The predicted molar refractivity (Wildman–Crippen MR) is 71.6 cm³/mol. The zero-order chi connectivity index (χ0) is 12.3.